The second-order valence-corrected chi connectivity index (χ2v) is 10.9. The average Bonchev–Trinajstić information content (AvgIpc) is 2.70. The van der Waals surface area contributed by atoms with Crippen LogP contribution < -0.4 is 16.4 Å². The summed E-state index contributed by atoms with van der Waals surface area (Å²) in [5.74, 6) is 0.258. The van der Waals surface area contributed by atoms with E-state index in [0.29, 0.717) is 25.4 Å². The molecule has 0 spiro atoms. The zero-order chi connectivity index (χ0) is 24.6. The van der Waals surface area contributed by atoms with Gasteiger partial charge in [-0.2, -0.15) is 0 Å². The summed E-state index contributed by atoms with van der Waals surface area (Å²) in [5, 5.41) is 8.17. The minimum absolute atomic E-state index is 0.0797. The van der Waals surface area contributed by atoms with E-state index in [9.17, 15) is 9.59 Å². The van der Waals surface area contributed by atoms with Crippen molar-refractivity contribution in [3.05, 3.63) is 48.0 Å². The van der Waals surface area contributed by atoms with Crippen molar-refractivity contribution in [2.75, 3.05) is 13.1 Å². The van der Waals surface area contributed by atoms with Crippen LogP contribution in [0.15, 0.2) is 42.5 Å². The molecular formula is C27H41N3O3. The third-order valence-corrected chi connectivity index (χ3v) is 5.55. The molecule has 2 atom stereocenters. The van der Waals surface area contributed by atoms with Crippen LogP contribution in [0, 0.1) is 11.3 Å². The van der Waals surface area contributed by atoms with Gasteiger partial charge in [-0.3, -0.25) is 4.79 Å². The third-order valence-electron chi connectivity index (χ3n) is 5.55. The maximum Gasteiger partial charge on any atom is 0.407 e. The van der Waals surface area contributed by atoms with Crippen LogP contribution in [-0.2, 0) is 16.0 Å². The summed E-state index contributed by atoms with van der Waals surface area (Å²) >= 11 is 0. The summed E-state index contributed by atoms with van der Waals surface area (Å²) in [5.41, 5.74) is 6.68. The van der Waals surface area contributed by atoms with Crippen LogP contribution in [0.3, 0.4) is 0 Å². The summed E-state index contributed by atoms with van der Waals surface area (Å²) in [6, 6.07) is 13.8. The Morgan fingerprint density at radius 1 is 1.00 bits per heavy atom. The summed E-state index contributed by atoms with van der Waals surface area (Å²) in [6.45, 7) is 13.1. The van der Waals surface area contributed by atoms with Gasteiger partial charge in [0.2, 0.25) is 5.91 Å². The Bertz CT molecular complexity index is 934. The van der Waals surface area contributed by atoms with E-state index in [2.05, 4.69) is 55.7 Å². The van der Waals surface area contributed by atoms with E-state index in [1.165, 1.54) is 5.39 Å². The number of nitrogens with two attached hydrogens (primary N) is 1. The van der Waals surface area contributed by atoms with Crippen LogP contribution in [0.5, 0.6) is 0 Å². The molecule has 4 N–H and O–H groups in total. The van der Waals surface area contributed by atoms with Gasteiger partial charge in [-0.25, -0.2) is 4.79 Å². The van der Waals surface area contributed by atoms with Gasteiger partial charge in [0, 0.05) is 13.1 Å². The zero-order valence-electron chi connectivity index (χ0n) is 21.0. The number of hydrogen-bond donors (Lipinski definition) is 3. The topological polar surface area (TPSA) is 93.5 Å². The van der Waals surface area contributed by atoms with Crippen molar-refractivity contribution in [2.45, 2.75) is 72.4 Å². The standard InChI is InChI=1S/C27H41N3O3/c1-19(13-14-29-25(32)33-26(2,3)4)17-27(5,6)18-30-24(31)23(28)16-20-11-12-21-9-7-8-10-22(21)15-20/h7-12,15,19,23H,13-14,16-18,28H2,1-6H3,(H,29,32)(H,30,31). The van der Waals surface area contributed by atoms with E-state index in [1.54, 1.807) is 0 Å². The normalized spacial score (nSPS) is 13.9. The minimum atomic E-state index is -0.586. The molecule has 0 radical (unpaired) electrons. The highest BCUT2D eigenvalue weighted by atomic mass is 16.6. The molecule has 33 heavy (non-hydrogen) atoms. The summed E-state index contributed by atoms with van der Waals surface area (Å²) in [4.78, 5) is 24.4. The number of ether oxygens (including phenoxy) is 1. The maximum absolute atomic E-state index is 12.6. The van der Waals surface area contributed by atoms with Crippen molar-refractivity contribution in [3.63, 3.8) is 0 Å². The number of fused-ring (bicyclic) bond motifs is 1. The molecule has 182 valence electrons. The molecule has 2 unspecified atom stereocenters. The highest BCUT2D eigenvalue weighted by Gasteiger charge is 2.24. The van der Waals surface area contributed by atoms with Crippen LogP contribution >= 0.6 is 0 Å². The molecule has 0 saturated carbocycles. The van der Waals surface area contributed by atoms with E-state index in [1.807, 2.05) is 39.0 Å². The number of alkyl carbamates (subject to hydrolysis) is 1. The minimum Gasteiger partial charge on any atom is -0.444 e. The van der Waals surface area contributed by atoms with Crippen LogP contribution in [-0.4, -0.2) is 36.7 Å². The second-order valence-electron chi connectivity index (χ2n) is 10.9. The van der Waals surface area contributed by atoms with Crippen LogP contribution in [0.2, 0.25) is 0 Å². The summed E-state index contributed by atoms with van der Waals surface area (Å²) < 4.78 is 5.26. The number of benzene rings is 2. The predicted octanol–water partition coefficient (Wildman–Crippen LogP) is 4.79. The monoisotopic (exact) mass is 455 g/mol. The average molecular weight is 456 g/mol. The maximum atomic E-state index is 12.6. The molecule has 0 aliphatic carbocycles. The van der Waals surface area contributed by atoms with E-state index in [0.717, 1.165) is 23.8 Å². The Kier molecular flexibility index (Phi) is 9.29. The van der Waals surface area contributed by atoms with E-state index >= 15 is 0 Å². The quantitative estimate of drug-likeness (QED) is 0.480. The number of carbonyl (C=O) groups excluding carboxylic acids is 2. The molecule has 0 fully saturated rings. The van der Waals surface area contributed by atoms with Gasteiger partial charge in [0.05, 0.1) is 6.04 Å². The van der Waals surface area contributed by atoms with Gasteiger partial charge in [-0.15, -0.1) is 0 Å². The van der Waals surface area contributed by atoms with Gasteiger partial charge in [-0.05, 0) is 67.7 Å². The first-order valence-corrected chi connectivity index (χ1v) is 11.8. The number of nitrogens with one attached hydrogen (secondary N) is 2. The smallest absolute Gasteiger partial charge is 0.407 e. The van der Waals surface area contributed by atoms with Crippen molar-refractivity contribution in [1.29, 1.82) is 0 Å². The molecular weight excluding hydrogens is 414 g/mol. The first kappa shape index (κ1) is 26.7. The largest absolute Gasteiger partial charge is 0.444 e. The van der Waals surface area contributed by atoms with Crippen LogP contribution in [0.1, 0.15) is 59.9 Å². The molecule has 0 heterocycles. The number of hydrogen-bond acceptors (Lipinski definition) is 4. The van der Waals surface area contributed by atoms with Gasteiger partial charge < -0.3 is 21.1 Å². The molecule has 2 amide bonds. The Morgan fingerprint density at radius 2 is 1.67 bits per heavy atom. The predicted molar refractivity (Wildman–Crippen MR) is 135 cm³/mol. The lowest BCUT2D eigenvalue weighted by molar-refractivity contribution is -0.122. The number of amides is 2. The van der Waals surface area contributed by atoms with Gasteiger partial charge in [0.1, 0.15) is 5.60 Å². The molecule has 0 aromatic heterocycles. The molecule has 2 aromatic carbocycles. The highest BCUT2D eigenvalue weighted by Crippen LogP contribution is 2.26. The van der Waals surface area contributed by atoms with Crippen molar-refractivity contribution in [3.8, 4) is 0 Å². The second kappa shape index (κ2) is 11.5. The van der Waals surface area contributed by atoms with Gasteiger partial charge in [0.15, 0.2) is 0 Å². The lowest BCUT2D eigenvalue weighted by Crippen LogP contribution is -2.45. The fourth-order valence-corrected chi connectivity index (χ4v) is 4.02. The Hall–Kier alpha value is -2.60. The Morgan fingerprint density at radius 3 is 2.33 bits per heavy atom. The van der Waals surface area contributed by atoms with Crippen molar-refractivity contribution in [2.24, 2.45) is 17.1 Å². The van der Waals surface area contributed by atoms with Crippen molar-refractivity contribution in [1.82, 2.24) is 10.6 Å². The molecule has 6 heteroatoms. The number of rotatable bonds is 10. The van der Waals surface area contributed by atoms with Crippen molar-refractivity contribution >= 4 is 22.8 Å². The Labute approximate surface area is 198 Å². The fourth-order valence-electron chi connectivity index (χ4n) is 4.02. The van der Waals surface area contributed by atoms with Gasteiger partial charge in [0.25, 0.3) is 0 Å². The van der Waals surface area contributed by atoms with Crippen LogP contribution in [0.4, 0.5) is 4.79 Å². The lowest BCUT2D eigenvalue weighted by atomic mass is 9.82. The molecule has 2 aromatic rings. The third kappa shape index (κ3) is 9.82. The molecule has 0 aliphatic heterocycles. The zero-order valence-corrected chi connectivity index (χ0v) is 21.0. The highest BCUT2D eigenvalue weighted by molar-refractivity contribution is 5.84. The molecule has 0 aliphatic rings. The van der Waals surface area contributed by atoms with Crippen LogP contribution in [0.25, 0.3) is 10.8 Å². The first-order chi connectivity index (χ1) is 15.3. The number of carbonyl (C=O) groups is 2. The van der Waals surface area contributed by atoms with Gasteiger partial charge in [-0.1, -0.05) is 63.2 Å². The molecule has 6 nitrogen and oxygen atoms in total. The van der Waals surface area contributed by atoms with Gasteiger partial charge >= 0.3 is 6.09 Å². The lowest BCUT2D eigenvalue weighted by Gasteiger charge is -2.29. The molecule has 0 bridgehead atoms. The molecule has 0 saturated heterocycles. The van der Waals surface area contributed by atoms with E-state index < -0.39 is 11.6 Å². The SMILES string of the molecule is CC(CCNC(=O)OC(C)(C)C)CC(C)(C)CNC(=O)C(N)Cc1ccc2ccccc2c1. The summed E-state index contributed by atoms with van der Waals surface area (Å²) in [7, 11) is 0. The molecule has 2 rings (SSSR count). The van der Waals surface area contributed by atoms with E-state index in [4.69, 9.17) is 10.5 Å². The van der Waals surface area contributed by atoms with E-state index in [-0.39, 0.29) is 17.4 Å². The first-order valence-electron chi connectivity index (χ1n) is 11.8. The fraction of sp³-hybridized carbons (Fsp3) is 0.556. The Balaban J connectivity index is 1.74. The van der Waals surface area contributed by atoms with Crippen molar-refractivity contribution < 1.29 is 14.3 Å². The summed E-state index contributed by atoms with van der Waals surface area (Å²) in [6.07, 6.45) is 1.88.